The van der Waals surface area contributed by atoms with E-state index in [1.54, 1.807) is 0 Å². The van der Waals surface area contributed by atoms with Gasteiger partial charge >= 0.3 is 47.5 Å². The summed E-state index contributed by atoms with van der Waals surface area (Å²) in [6.45, 7) is 8.29. The van der Waals surface area contributed by atoms with E-state index < -0.39 is 5.97 Å². The Labute approximate surface area is 205 Å². The van der Waals surface area contributed by atoms with Gasteiger partial charge in [0.1, 0.15) is 0 Å². The van der Waals surface area contributed by atoms with Crippen LogP contribution in [0.5, 0.6) is 0 Å². The van der Waals surface area contributed by atoms with Crippen molar-refractivity contribution in [2.45, 2.75) is 104 Å². The predicted molar refractivity (Wildman–Crippen MR) is 123 cm³/mol. The van der Waals surface area contributed by atoms with Gasteiger partial charge in [0.15, 0.2) is 0 Å². The summed E-state index contributed by atoms with van der Waals surface area (Å²) in [6.07, 6.45) is 15.1. The number of hydrogen-bond donors (Lipinski definition) is 1. The number of rotatable bonds is 18. The van der Waals surface area contributed by atoms with Gasteiger partial charge in [-0.3, -0.25) is 9.59 Å². The molecule has 0 unspecified atom stereocenters. The van der Waals surface area contributed by atoms with Crippen LogP contribution < -0.4 is 0 Å². The second-order valence-electron chi connectivity index (χ2n) is 7.02. The Balaban J connectivity index is -0.00000108. The molecule has 6 nitrogen and oxygen atoms in total. The molecule has 0 atom stereocenters. The standard InChI is InChI=1S/C20H38O4.C3H4O2.Na.H/c1-3-5-7-9-11-13-17-23-19(21)15-16-20(22)24-18-14-12-10-8-6-4-2;1-2-3(4)5;;/h3-18H2,1-2H3;2H,1H2,(H,4,5);;. The van der Waals surface area contributed by atoms with E-state index in [4.69, 9.17) is 14.6 Å². The first-order valence-corrected chi connectivity index (χ1v) is 11.1. The van der Waals surface area contributed by atoms with Crippen molar-refractivity contribution < 1.29 is 29.0 Å². The Morgan fingerprint density at radius 3 is 1.30 bits per heavy atom. The number of ether oxygens (including phenoxy) is 2. The molecule has 0 aromatic rings. The molecule has 0 bridgehead atoms. The molecule has 7 heteroatoms. The summed E-state index contributed by atoms with van der Waals surface area (Å²) >= 11 is 0. The first-order chi connectivity index (χ1) is 14.0. The summed E-state index contributed by atoms with van der Waals surface area (Å²) in [4.78, 5) is 32.3. The van der Waals surface area contributed by atoms with E-state index in [0.29, 0.717) is 13.2 Å². The molecule has 0 rings (SSSR count). The first-order valence-electron chi connectivity index (χ1n) is 11.1. The number of esters is 2. The van der Waals surface area contributed by atoms with Crippen LogP contribution in [0.4, 0.5) is 0 Å². The molecule has 0 aromatic heterocycles. The number of unbranched alkanes of at least 4 members (excludes halogenated alkanes) is 10. The second-order valence-corrected chi connectivity index (χ2v) is 7.02. The topological polar surface area (TPSA) is 89.9 Å². The molecule has 0 radical (unpaired) electrons. The van der Waals surface area contributed by atoms with Crippen LogP contribution in [0.15, 0.2) is 12.7 Å². The maximum atomic E-state index is 11.5. The molecular formula is C23H43NaO6. The zero-order chi connectivity index (χ0) is 22.2. The minimum atomic E-state index is -0.981. The maximum absolute atomic E-state index is 11.5. The van der Waals surface area contributed by atoms with Crippen LogP contribution in [-0.2, 0) is 23.9 Å². The Morgan fingerprint density at radius 1 is 0.700 bits per heavy atom. The minimum absolute atomic E-state index is 0. The molecule has 1 N–H and O–H groups in total. The molecule has 0 fully saturated rings. The van der Waals surface area contributed by atoms with Gasteiger partial charge in [0.25, 0.3) is 0 Å². The summed E-state index contributed by atoms with van der Waals surface area (Å²) in [7, 11) is 0. The number of aliphatic carboxylic acids is 1. The van der Waals surface area contributed by atoms with Crippen LogP contribution in [0.1, 0.15) is 104 Å². The fourth-order valence-corrected chi connectivity index (χ4v) is 2.49. The fraction of sp³-hybridized carbons (Fsp3) is 0.783. The van der Waals surface area contributed by atoms with Gasteiger partial charge in [0.2, 0.25) is 0 Å². The number of carbonyl (C=O) groups is 3. The average Bonchev–Trinajstić information content (AvgIpc) is 2.71. The van der Waals surface area contributed by atoms with Crippen molar-refractivity contribution >= 4 is 47.5 Å². The zero-order valence-corrected chi connectivity index (χ0v) is 18.6. The predicted octanol–water partition coefficient (Wildman–Crippen LogP) is 5.18. The number of carboxylic acids is 1. The Morgan fingerprint density at radius 2 is 1.00 bits per heavy atom. The van der Waals surface area contributed by atoms with E-state index in [1.165, 1.54) is 51.4 Å². The SMILES string of the molecule is C=CC(=O)O.CCCCCCCCOC(=O)CCC(=O)OCCCCCCCC.[NaH]. The van der Waals surface area contributed by atoms with Crippen LogP contribution in [0.3, 0.4) is 0 Å². The quantitative estimate of drug-likeness (QED) is 0.137. The van der Waals surface area contributed by atoms with Crippen molar-refractivity contribution in [2.75, 3.05) is 13.2 Å². The van der Waals surface area contributed by atoms with Crippen LogP contribution in [-0.4, -0.2) is 65.8 Å². The van der Waals surface area contributed by atoms with Crippen LogP contribution in [0.2, 0.25) is 0 Å². The van der Waals surface area contributed by atoms with E-state index in [9.17, 15) is 14.4 Å². The van der Waals surface area contributed by atoms with Crippen LogP contribution in [0.25, 0.3) is 0 Å². The van der Waals surface area contributed by atoms with Gasteiger partial charge in [-0.05, 0) is 12.8 Å². The molecule has 0 heterocycles. The Bertz CT molecular complexity index is 396. The number of carboxylic acid groups (broad SMARTS) is 1. The van der Waals surface area contributed by atoms with E-state index in [1.807, 2.05) is 0 Å². The second kappa shape index (κ2) is 28.1. The van der Waals surface area contributed by atoms with Gasteiger partial charge in [-0.1, -0.05) is 84.6 Å². The third kappa shape index (κ3) is 31.8. The molecular weight excluding hydrogens is 395 g/mol. The molecule has 0 amide bonds. The summed E-state index contributed by atoms with van der Waals surface area (Å²) in [5, 5.41) is 7.60. The van der Waals surface area contributed by atoms with Crippen LogP contribution in [0, 0.1) is 0 Å². The van der Waals surface area contributed by atoms with E-state index in [2.05, 4.69) is 20.4 Å². The van der Waals surface area contributed by atoms with E-state index in [-0.39, 0.29) is 54.3 Å². The molecule has 30 heavy (non-hydrogen) atoms. The molecule has 0 aliphatic rings. The van der Waals surface area contributed by atoms with Crippen molar-refractivity contribution in [3.8, 4) is 0 Å². The van der Waals surface area contributed by atoms with Gasteiger partial charge in [-0.25, -0.2) is 4.79 Å². The summed E-state index contributed by atoms with van der Waals surface area (Å²) in [5.74, 6) is -1.56. The third-order valence-electron chi connectivity index (χ3n) is 4.23. The van der Waals surface area contributed by atoms with E-state index in [0.717, 1.165) is 31.8 Å². The van der Waals surface area contributed by atoms with Crippen molar-refractivity contribution in [3.05, 3.63) is 12.7 Å². The summed E-state index contributed by atoms with van der Waals surface area (Å²) in [5.41, 5.74) is 0. The number of carbonyl (C=O) groups excluding carboxylic acids is 2. The van der Waals surface area contributed by atoms with Crippen molar-refractivity contribution in [1.29, 1.82) is 0 Å². The van der Waals surface area contributed by atoms with Gasteiger partial charge in [-0.15, -0.1) is 0 Å². The van der Waals surface area contributed by atoms with Crippen molar-refractivity contribution in [1.82, 2.24) is 0 Å². The molecule has 172 valence electrons. The Kier molecular flexibility index (Phi) is 31.7. The van der Waals surface area contributed by atoms with Gasteiger partial charge < -0.3 is 14.6 Å². The van der Waals surface area contributed by atoms with Gasteiger partial charge in [0.05, 0.1) is 26.1 Å². The monoisotopic (exact) mass is 438 g/mol. The number of hydrogen-bond acceptors (Lipinski definition) is 5. The van der Waals surface area contributed by atoms with E-state index >= 15 is 0 Å². The summed E-state index contributed by atoms with van der Waals surface area (Å²) in [6, 6.07) is 0. The first kappa shape index (κ1) is 33.8. The van der Waals surface area contributed by atoms with Gasteiger partial charge in [-0.2, -0.15) is 0 Å². The Hall–Kier alpha value is -0.850. The molecule has 0 saturated heterocycles. The molecule has 0 aliphatic heterocycles. The van der Waals surface area contributed by atoms with Crippen LogP contribution >= 0.6 is 0 Å². The fourth-order valence-electron chi connectivity index (χ4n) is 2.49. The molecule has 0 spiro atoms. The third-order valence-corrected chi connectivity index (χ3v) is 4.23. The van der Waals surface area contributed by atoms with Crippen molar-refractivity contribution in [2.24, 2.45) is 0 Å². The average molecular weight is 439 g/mol. The normalized spacial score (nSPS) is 9.53. The van der Waals surface area contributed by atoms with Crippen molar-refractivity contribution in [3.63, 3.8) is 0 Å². The van der Waals surface area contributed by atoms with Gasteiger partial charge in [0, 0.05) is 6.08 Å². The molecule has 0 aliphatic carbocycles. The summed E-state index contributed by atoms with van der Waals surface area (Å²) < 4.78 is 10.3. The zero-order valence-electron chi connectivity index (χ0n) is 18.6. The molecule has 0 aromatic carbocycles. The molecule has 0 saturated carbocycles.